The third kappa shape index (κ3) is 7.53. The van der Waals surface area contributed by atoms with E-state index in [2.05, 4.69) is 4.74 Å². The molecule has 0 heterocycles. The molecule has 0 aromatic rings. The number of esters is 2. The second-order valence-corrected chi connectivity index (χ2v) is 5.43. The first-order valence-electron chi connectivity index (χ1n) is 6.85. The Morgan fingerprint density at radius 3 is 2.19 bits per heavy atom. The minimum atomic E-state index is -0.848. The topological polar surface area (TPSA) is 82.1 Å². The van der Waals surface area contributed by atoms with E-state index in [-0.39, 0.29) is 19.6 Å². The SMILES string of the molecule is CCOC(=O)CCN(C(=O)OC(C)(C)C)C(C)C(=O)OC. The van der Waals surface area contributed by atoms with Crippen LogP contribution in [-0.2, 0) is 23.8 Å². The summed E-state index contributed by atoms with van der Waals surface area (Å²) >= 11 is 0. The fraction of sp³-hybridized carbons (Fsp3) is 0.786. The van der Waals surface area contributed by atoms with Crippen LogP contribution in [0.25, 0.3) is 0 Å². The number of carbonyl (C=O) groups excluding carboxylic acids is 3. The molecule has 7 nitrogen and oxygen atoms in total. The summed E-state index contributed by atoms with van der Waals surface area (Å²) in [4.78, 5) is 36.3. The lowest BCUT2D eigenvalue weighted by Crippen LogP contribution is -2.47. The third-order valence-corrected chi connectivity index (χ3v) is 2.50. The summed E-state index contributed by atoms with van der Waals surface area (Å²) in [5.74, 6) is -1.02. The molecule has 0 saturated carbocycles. The van der Waals surface area contributed by atoms with Crippen LogP contribution in [0.3, 0.4) is 0 Å². The van der Waals surface area contributed by atoms with E-state index in [1.54, 1.807) is 27.7 Å². The van der Waals surface area contributed by atoms with Crippen molar-refractivity contribution in [1.82, 2.24) is 4.90 Å². The zero-order chi connectivity index (χ0) is 16.6. The Morgan fingerprint density at radius 1 is 1.19 bits per heavy atom. The maximum Gasteiger partial charge on any atom is 0.411 e. The first-order valence-corrected chi connectivity index (χ1v) is 6.85. The number of hydrogen-bond acceptors (Lipinski definition) is 6. The summed E-state index contributed by atoms with van der Waals surface area (Å²) in [6.45, 7) is 8.65. The van der Waals surface area contributed by atoms with Crippen LogP contribution in [0.4, 0.5) is 4.79 Å². The average Bonchev–Trinajstić information content (AvgIpc) is 2.35. The number of amides is 1. The minimum absolute atomic E-state index is 0.0179. The normalized spacial score (nSPS) is 12.3. The van der Waals surface area contributed by atoms with E-state index < -0.39 is 29.7 Å². The van der Waals surface area contributed by atoms with Crippen molar-refractivity contribution in [2.45, 2.75) is 52.7 Å². The Labute approximate surface area is 125 Å². The van der Waals surface area contributed by atoms with Gasteiger partial charge in [-0.25, -0.2) is 9.59 Å². The van der Waals surface area contributed by atoms with E-state index >= 15 is 0 Å². The molecule has 1 atom stereocenters. The van der Waals surface area contributed by atoms with Gasteiger partial charge in [-0.1, -0.05) is 0 Å². The summed E-state index contributed by atoms with van der Waals surface area (Å²) in [6, 6.07) is -0.848. The molecule has 0 radical (unpaired) electrons. The van der Waals surface area contributed by atoms with Crippen molar-refractivity contribution in [2.75, 3.05) is 20.3 Å². The second-order valence-electron chi connectivity index (χ2n) is 5.43. The van der Waals surface area contributed by atoms with Crippen molar-refractivity contribution in [1.29, 1.82) is 0 Å². The molecule has 0 N–H and O–H groups in total. The Balaban J connectivity index is 4.88. The summed E-state index contributed by atoms with van der Waals surface area (Å²) in [5.41, 5.74) is -0.699. The van der Waals surface area contributed by atoms with Crippen LogP contribution >= 0.6 is 0 Å². The van der Waals surface area contributed by atoms with Gasteiger partial charge in [0.15, 0.2) is 0 Å². The van der Waals surface area contributed by atoms with Crippen LogP contribution in [0.1, 0.15) is 41.0 Å². The smallest absolute Gasteiger partial charge is 0.411 e. The zero-order valence-electron chi connectivity index (χ0n) is 13.6. The molecule has 21 heavy (non-hydrogen) atoms. The van der Waals surface area contributed by atoms with E-state index in [0.717, 1.165) is 4.90 Å². The highest BCUT2D eigenvalue weighted by molar-refractivity contribution is 5.81. The maximum absolute atomic E-state index is 12.1. The highest BCUT2D eigenvalue weighted by atomic mass is 16.6. The van der Waals surface area contributed by atoms with E-state index in [1.807, 2.05) is 0 Å². The summed E-state index contributed by atoms with van der Waals surface area (Å²) < 4.78 is 14.7. The first-order chi connectivity index (χ1) is 9.62. The molecule has 0 aliphatic carbocycles. The summed E-state index contributed by atoms with van der Waals surface area (Å²) in [7, 11) is 1.23. The number of rotatable bonds is 6. The van der Waals surface area contributed by atoms with Gasteiger partial charge in [0.05, 0.1) is 20.1 Å². The number of hydrogen-bond donors (Lipinski definition) is 0. The molecular weight excluding hydrogens is 278 g/mol. The molecule has 0 bridgehead atoms. The summed E-state index contributed by atoms with van der Waals surface area (Å²) in [6.07, 6.45) is -0.696. The molecule has 0 rings (SSSR count). The molecule has 1 amide bonds. The van der Waals surface area contributed by atoms with Gasteiger partial charge in [-0.3, -0.25) is 9.69 Å². The second kappa shape index (κ2) is 8.49. The van der Waals surface area contributed by atoms with E-state index in [0.29, 0.717) is 0 Å². The van der Waals surface area contributed by atoms with Crippen molar-refractivity contribution in [2.24, 2.45) is 0 Å². The van der Waals surface area contributed by atoms with Gasteiger partial charge >= 0.3 is 18.0 Å². The highest BCUT2D eigenvalue weighted by Crippen LogP contribution is 2.13. The molecule has 0 saturated heterocycles. The minimum Gasteiger partial charge on any atom is -0.467 e. The number of ether oxygens (including phenoxy) is 3. The van der Waals surface area contributed by atoms with Crippen LogP contribution < -0.4 is 0 Å². The molecular formula is C14H25NO6. The molecule has 0 aliphatic heterocycles. The summed E-state index contributed by atoms with van der Waals surface area (Å²) in [5, 5.41) is 0. The Bertz CT molecular complexity index is 374. The third-order valence-electron chi connectivity index (χ3n) is 2.50. The number of nitrogens with zero attached hydrogens (tertiary/aromatic N) is 1. The fourth-order valence-electron chi connectivity index (χ4n) is 1.51. The van der Waals surface area contributed by atoms with Crippen molar-refractivity contribution < 1.29 is 28.6 Å². The standard InChI is InChI=1S/C14H25NO6/c1-7-20-11(16)8-9-15(10(2)12(17)19-6)13(18)21-14(3,4)5/h10H,7-9H2,1-6H3. The molecule has 122 valence electrons. The van der Waals surface area contributed by atoms with Crippen LogP contribution in [0.15, 0.2) is 0 Å². The Kier molecular flexibility index (Phi) is 7.76. The average molecular weight is 303 g/mol. The van der Waals surface area contributed by atoms with Gasteiger partial charge in [-0.2, -0.15) is 0 Å². The van der Waals surface area contributed by atoms with Crippen LogP contribution in [-0.4, -0.2) is 54.8 Å². The molecule has 1 unspecified atom stereocenters. The van der Waals surface area contributed by atoms with Crippen molar-refractivity contribution in [3.8, 4) is 0 Å². The van der Waals surface area contributed by atoms with Gasteiger partial charge in [-0.15, -0.1) is 0 Å². The molecule has 7 heteroatoms. The first kappa shape index (κ1) is 19.2. The highest BCUT2D eigenvalue weighted by Gasteiger charge is 2.30. The van der Waals surface area contributed by atoms with Gasteiger partial charge in [0, 0.05) is 6.54 Å². The van der Waals surface area contributed by atoms with Crippen molar-refractivity contribution in [3.63, 3.8) is 0 Å². The van der Waals surface area contributed by atoms with Gasteiger partial charge in [0.2, 0.25) is 0 Å². The Hall–Kier alpha value is -1.79. The zero-order valence-corrected chi connectivity index (χ0v) is 13.6. The molecule has 0 aromatic heterocycles. The van der Waals surface area contributed by atoms with Crippen LogP contribution in [0, 0.1) is 0 Å². The van der Waals surface area contributed by atoms with Crippen molar-refractivity contribution >= 4 is 18.0 Å². The van der Waals surface area contributed by atoms with Gasteiger partial charge < -0.3 is 14.2 Å². The molecule has 0 aromatic carbocycles. The van der Waals surface area contributed by atoms with Crippen molar-refractivity contribution in [3.05, 3.63) is 0 Å². The molecule has 0 spiro atoms. The van der Waals surface area contributed by atoms with E-state index in [4.69, 9.17) is 9.47 Å². The fourth-order valence-corrected chi connectivity index (χ4v) is 1.51. The molecule has 0 fully saturated rings. The maximum atomic E-state index is 12.1. The van der Waals surface area contributed by atoms with Crippen LogP contribution in [0.2, 0.25) is 0 Å². The van der Waals surface area contributed by atoms with Gasteiger partial charge in [0.1, 0.15) is 11.6 Å². The lowest BCUT2D eigenvalue weighted by Gasteiger charge is -2.30. The van der Waals surface area contributed by atoms with Crippen LogP contribution in [0.5, 0.6) is 0 Å². The number of methoxy groups -OCH3 is 1. The molecule has 0 aliphatic rings. The largest absolute Gasteiger partial charge is 0.467 e. The van der Waals surface area contributed by atoms with Gasteiger partial charge in [-0.05, 0) is 34.6 Å². The predicted octanol–water partition coefficient (Wildman–Crippen LogP) is 1.74. The van der Waals surface area contributed by atoms with E-state index in [9.17, 15) is 14.4 Å². The van der Waals surface area contributed by atoms with E-state index in [1.165, 1.54) is 14.0 Å². The quantitative estimate of drug-likeness (QED) is 0.549. The number of carbonyl (C=O) groups is 3. The monoisotopic (exact) mass is 303 g/mol. The van der Waals surface area contributed by atoms with Gasteiger partial charge in [0.25, 0.3) is 0 Å². The lowest BCUT2D eigenvalue weighted by molar-refractivity contribution is -0.148. The predicted molar refractivity (Wildman–Crippen MR) is 75.7 cm³/mol. The lowest BCUT2D eigenvalue weighted by atomic mass is 10.2. The Morgan fingerprint density at radius 2 is 1.76 bits per heavy atom.